The summed E-state index contributed by atoms with van der Waals surface area (Å²) in [5, 5.41) is 10.9. The molecule has 5 heteroatoms. The maximum absolute atomic E-state index is 11.8. The molecule has 98 valence electrons. The van der Waals surface area contributed by atoms with E-state index in [1.54, 1.807) is 6.92 Å². The van der Waals surface area contributed by atoms with Gasteiger partial charge in [-0.05, 0) is 19.4 Å². The van der Waals surface area contributed by atoms with Crippen molar-refractivity contribution in [3.63, 3.8) is 0 Å². The van der Waals surface area contributed by atoms with Gasteiger partial charge in [-0.1, -0.05) is 29.8 Å². The molecule has 0 unspecified atom stereocenters. The first-order valence-electron chi connectivity index (χ1n) is 5.89. The lowest BCUT2D eigenvalue weighted by molar-refractivity contribution is -0.386. The van der Waals surface area contributed by atoms with Crippen molar-refractivity contribution in [1.82, 2.24) is 4.57 Å². The number of hydrogen-bond donors (Lipinski definition) is 0. The molecule has 2 aromatic rings. The number of rotatable bonds is 3. The van der Waals surface area contributed by atoms with Crippen LogP contribution in [0.5, 0.6) is 0 Å². The minimum atomic E-state index is -0.472. The summed E-state index contributed by atoms with van der Waals surface area (Å²) in [5.74, 6) is 0. The predicted molar refractivity (Wildman–Crippen MR) is 72.4 cm³/mol. The van der Waals surface area contributed by atoms with E-state index in [2.05, 4.69) is 0 Å². The lowest BCUT2D eigenvalue weighted by Gasteiger charge is -2.10. The van der Waals surface area contributed by atoms with E-state index in [0.717, 1.165) is 11.1 Å². The van der Waals surface area contributed by atoms with Gasteiger partial charge in [-0.2, -0.15) is 0 Å². The third-order valence-corrected chi connectivity index (χ3v) is 3.08. The Morgan fingerprint density at radius 3 is 2.32 bits per heavy atom. The second kappa shape index (κ2) is 5.06. The Morgan fingerprint density at radius 1 is 1.11 bits per heavy atom. The quantitative estimate of drug-likeness (QED) is 0.627. The van der Waals surface area contributed by atoms with Gasteiger partial charge in [0.25, 0.3) is 11.2 Å². The minimum Gasteiger partial charge on any atom is -0.302 e. The van der Waals surface area contributed by atoms with E-state index in [-0.39, 0.29) is 11.2 Å². The van der Waals surface area contributed by atoms with Gasteiger partial charge in [-0.25, -0.2) is 0 Å². The van der Waals surface area contributed by atoms with Gasteiger partial charge >= 0.3 is 0 Å². The van der Waals surface area contributed by atoms with Crippen LogP contribution in [0.2, 0.25) is 0 Å². The Morgan fingerprint density at radius 2 is 1.74 bits per heavy atom. The molecule has 1 aromatic heterocycles. The maximum atomic E-state index is 11.8. The molecule has 19 heavy (non-hydrogen) atoms. The average molecular weight is 258 g/mol. The molecule has 0 fully saturated rings. The smallest absolute Gasteiger partial charge is 0.288 e. The van der Waals surface area contributed by atoms with Gasteiger partial charge in [0.05, 0.1) is 17.2 Å². The largest absolute Gasteiger partial charge is 0.302 e. The number of pyridine rings is 1. The lowest BCUT2D eigenvalue weighted by atomic mass is 10.1. The highest BCUT2D eigenvalue weighted by Crippen LogP contribution is 2.15. The second-order valence-corrected chi connectivity index (χ2v) is 4.47. The van der Waals surface area contributed by atoms with Crippen molar-refractivity contribution in [3.05, 3.63) is 73.7 Å². The van der Waals surface area contributed by atoms with Crippen LogP contribution in [-0.2, 0) is 6.54 Å². The topological polar surface area (TPSA) is 65.1 Å². The van der Waals surface area contributed by atoms with Crippen molar-refractivity contribution in [3.8, 4) is 0 Å². The number of hydrogen-bond acceptors (Lipinski definition) is 3. The summed E-state index contributed by atoms with van der Waals surface area (Å²) in [5.41, 5.74) is 2.18. The van der Waals surface area contributed by atoms with Gasteiger partial charge in [0.15, 0.2) is 0 Å². The highest BCUT2D eigenvalue weighted by Gasteiger charge is 2.14. The summed E-state index contributed by atoms with van der Waals surface area (Å²) in [6.45, 7) is 3.91. The second-order valence-electron chi connectivity index (χ2n) is 4.47. The number of aromatic nitrogens is 1. The van der Waals surface area contributed by atoms with E-state index >= 15 is 0 Å². The fraction of sp³-hybridized carbons (Fsp3) is 0.214. The zero-order valence-corrected chi connectivity index (χ0v) is 10.8. The van der Waals surface area contributed by atoms with Crippen LogP contribution in [0.1, 0.15) is 16.8 Å². The Balaban J connectivity index is 2.45. The Labute approximate surface area is 110 Å². The van der Waals surface area contributed by atoms with Crippen LogP contribution in [0.4, 0.5) is 5.69 Å². The van der Waals surface area contributed by atoms with Crippen molar-refractivity contribution in [2.45, 2.75) is 20.4 Å². The molecular formula is C14H14N2O3. The van der Waals surface area contributed by atoms with Crippen LogP contribution >= 0.6 is 0 Å². The molecule has 2 rings (SSSR count). The van der Waals surface area contributed by atoms with E-state index in [1.807, 2.05) is 31.2 Å². The summed E-state index contributed by atoms with van der Waals surface area (Å²) in [7, 11) is 0. The Bertz CT molecular complexity index is 672. The third kappa shape index (κ3) is 2.70. The van der Waals surface area contributed by atoms with Crippen LogP contribution in [0.3, 0.4) is 0 Å². The van der Waals surface area contributed by atoms with Gasteiger partial charge in [0.2, 0.25) is 0 Å². The zero-order valence-electron chi connectivity index (χ0n) is 10.8. The molecule has 0 aliphatic heterocycles. The molecule has 0 bridgehead atoms. The van der Waals surface area contributed by atoms with Crippen LogP contribution in [-0.4, -0.2) is 9.49 Å². The predicted octanol–water partition coefficient (Wildman–Crippen LogP) is 2.42. The van der Waals surface area contributed by atoms with Crippen molar-refractivity contribution < 1.29 is 4.92 Å². The van der Waals surface area contributed by atoms with Crippen LogP contribution in [0, 0.1) is 24.0 Å². The maximum Gasteiger partial charge on any atom is 0.288 e. The molecule has 0 N–H and O–H groups in total. The molecule has 1 heterocycles. The van der Waals surface area contributed by atoms with Gasteiger partial charge in [0, 0.05) is 12.1 Å². The van der Waals surface area contributed by atoms with E-state index in [0.29, 0.717) is 12.2 Å². The van der Waals surface area contributed by atoms with E-state index in [9.17, 15) is 14.9 Å². The summed E-state index contributed by atoms with van der Waals surface area (Å²) in [6.07, 6.45) is 0. The number of aryl methyl sites for hydroxylation is 1. The molecule has 0 atom stereocenters. The average Bonchev–Trinajstić information content (AvgIpc) is 2.36. The standard InChI is InChI=1S/C14H14N2O3/c1-10-3-5-12(6-4-10)9-15-11(2)13(16(18)19)7-8-14(15)17/h3-8H,9H2,1-2H3. The normalized spacial score (nSPS) is 10.4. The third-order valence-electron chi connectivity index (χ3n) is 3.08. The summed E-state index contributed by atoms with van der Waals surface area (Å²) >= 11 is 0. The van der Waals surface area contributed by atoms with E-state index in [4.69, 9.17) is 0 Å². The van der Waals surface area contributed by atoms with Gasteiger partial charge in [-0.15, -0.1) is 0 Å². The highest BCUT2D eigenvalue weighted by atomic mass is 16.6. The Kier molecular flexibility index (Phi) is 3.46. The number of benzene rings is 1. The van der Waals surface area contributed by atoms with Crippen molar-refractivity contribution in [1.29, 1.82) is 0 Å². The summed E-state index contributed by atoms with van der Waals surface area (Å²) in [4.78, 5) is 22.2. The van der Waals surface area contributed by atoms with Gasteiger partial charge in [0.1, 0.15) is 0 Å². The molecule has 0 aliphatic rings. The molecule has 0 radical (unpaired) electrons. The van der Waals surface area contributed by atoms with Crippen LogP contribution in [0.15, 0.2) is 41.2 Å². The fourth-order valence-corrected chi connectivity index (χ4v) is 1.93. The molecule has 0 saturated heterocycles. The molecular weight excluding hydrogens is 244 g/mol. The first-order valence-corrected chi connectivity index (χ1v) is 5.89. The summed E-state index contributed by atoms with van der Waals surface area (Å²) < 4.78 is 1.42. The van der Waals surface area contributed by atoms with Gasteiger partial charge in [-0.3, -0.25) is 14.9 Å². The van der Waals surface area contributed by atoms with E-state index < -0.39 is 4.92 Å². The first kappa shape index (κ1) is 13.0. The molecule has 1 aromatic carbocycles. The SMILES string of the molecule is Cc1ccc(Cn2c(C)c([N+](=O)[O-])ccc2=O)cc1. The van der Waals surface area contributed by atoms with Crippen molar-refractivity contribution >= 4 is 5.69 Å². The molecule has 0 saturated carbocycles. The fourth-order valence-electron chi connectivity index (χ4n) is 1.93. The van der Waals surface area contributed by atoms with Crippen molar-refractivity contribution in [2.24, 2.45) is 0 Å². The van der Waals surface area contributed by atoms with Gasteiger partial charge < -0.3 is 4.57 Å². The first-order chi connectivity index (χ1) is 8.99. The van der Waals surface area contributed by atoms with Crippen molar-refractivity contribution in [2.75, 3.05) is 0 Å². The lowest BCUT2D eigenvalue weighted by Crippen LogP contribution is -2.22. The summed E-state index contributed by atoms with van der Waals surface area (Å²) in [6, 6.07) is 10.2. The van der Waals surface area contributed by atoms with E-state index in [1.165, 1.54) is 16.7 Å². The minimum absolute atomic E-state index is 0.0355. The van der Waals surface area contributed by atoms with Crippen LogP contribution in [0.25, 0.3) is 0 Å². The number of nitro groups is 1. The monoisotopic (exact) mass is 258 g/mol. The molecule has 0 aliphatic carbocycles. The molecule has 0 spiro atoms. The Hall–Kier alpha value is -2.43. The van der Waals surface area contributed by atoms with Crippen LogP contribution < -0.4 is 5.56 Å². The molecule has 0 amide bonds. The highest BCUT2D eigenvalue weighted by molar-refractivity contribution is 5.35. The zero-order chi connectivity index (χ0) is 14.0. The number of nitrogens with zero attached hydrogens (tertiary/aromatic N) is 2. The molecule has 5 nitrogen and oxygen atoms in total.